The van der Waals surface area contributed by atoms with Crippen LogP contribution in [0.2, 0.25) is 5.02 Å². The van der Waals surface area contributed by atoms with Crippen molar-refractivity contribution in [3.8, 4) is 5.75 Å². The molecule has 0 fully saturated rings. The molecule has 0 bridgehead atoms. The Balaban J connectivity index is 1.88. The molecule has 30 heavy (non-hydrogen) atoms. The number of anilines is 1. The Labute approximate surface area is 177 Å². The predicted octanol–water partition coefficient (Wildman–Crippen LogP) is 3.01. The number of hydrogen-bond donors (Lipinski definition) is 1. The number of rotatable bonds is 8. The van der Waals surface area contributed by atoms with Crippen molar-refractivity contribution in [2.24, 2.45) is 0 Å². The highest BCUT2D eigenvalue weighted by Crippen LogP contribution is 2.29. The summed E-state index contributed by atoms with van der Waals surface area (Å²) in [6.45, 7) is 1.76. The number of nitrogens with zero attached hydrogens (tertiary/aromatic N) is 1. The number of oxazole rings is 1. The van der Waals surface area contributed by atoms with Gasteiger partial charge in [-0.3, -0.25) is 14.1 Å². The molecule has 2 aromatic carbocycles. The highest BCUT2D eigenvalue weighted by atomic mass is 35.5. The Morgan fingerprint density at radius 3 is 2.67 bits per heavy atom. The standard InChI is InChI=1S/C19H19ClN2O7S/c1-3-8-28-18(23)11-22-15-6-5-13(10-17(15)29-19(22)24)30(25,26)21-12-4-7-16(27-2)14(20)9-12/h4-7,9-10,21H,3,8,11H2,1-2H3. The van der Waals surface area contributed by atoms with Crippen LogP contribution in [-0.4, -0.2) is 32.7 Å². The number of aromatic nitrogens is 1. The average molecular weight is 455 g/mol. The first kappa shape index (κ1) is 21.7. The maximum Gasteiger partial charge on any atom is 0.420 e. The number of esters is 1. The van der Waals surface area contributed by atoms with E-state index in [0.29, 0.717) is 12.2 Å². The van der Waals surface area contributed by atoms with Crippen LogP contribution >= 0.6 is 11.6 Å². The maximum absolute atomic E-state index is 12.7. The number of sulfonamides is 1. The number of carbonyl (C=O) groups is 1. The molecule has 1 N–H and O–H groups in total. The van der Waals surface area contributed by atoms with Gasteiger partial charge in [-0.05, 0) is 36.8 Å². The third kappa shape index (κ3) is 4.60. The summed E-state index contributed by atoms with van der Waals surface area (Å²) >= 11 is 6.03. The van der Waals surface area contributed by atoms with Crippen LogP contribution in [0, 0.1) is 0 Å². The average Bonchev–Trinajstić information content (AvgIpc) is 3.00. The zero-order valence-corrected chi connectivity index (χ0v) is 17.7. The molecule has 0 aliphatic rings. The monoisotopic (exact) mass is 454 g/mol. The largest absolute Gasteiger partial charge is 0.495 e. The van der Waals surface area contributed by atoms with Gasteiger partial charge in [0.2, 0.25) is 0 Å². The molecule has 0 unspecified atom stereocenters. The first-order valence-corrected chi connectivity index (χ1v) is 10.8. The van der Waals surface area contributed by atoms with Crippen LogP contribution in [0.15, 0.2) is 50.5 Å². The number of methoxy groups -OCH3 is 1. The topological polar surface area (TPSA) is 117 Å². The fourth-order valence-corrected chi connectivity index (χ4v) is 4.02. The molecule has 9 nitrogen and oxygen atoms in total. The van der Waals surface area contributed by atoms with Crippen molar-refractivity contribution in [2.75, 3.05) is 18.4 Å². The molecule has 0 saturated carbocycles. The van der Waals surface area contributed by atoms with Crippen LogP contribution in [0.1, 0.15) is 13.3 Å². The second-order valence-electron chi connectivity index (χ2n) is 6.26. The van der Waals surface area contributed by atoms with Crippen molar-refractivity contribution in [1.82, 2.24) is 4.57 Å². The summed E-state index contributed by atoms with van der Waals surface area (Å²) in [5, 5.41) is 0.242. The van der Waals surface area contributed by atoms with Crippen molar-refractivity contribution in [3.05, 3.63) is 52.0 Å². The van der Waals surface area contributed by atoms with Gasteiger partial charge in [0.15, 0.2) is 5.58 Å². The third-order valence-electron chi connectivity index (χ3n) is 4.11. The van der Waals surface area contributed by atoms with Crippen LogP contribution in [0.25, 0.3) is 11.1 Å². The van der Waals surface area contributed by atoms with E-state index in [1.54, 1.807) is 0 Å². The summed E-state index contributed by atoms with van der Waals surface area (Å²) in [6, 6.07) is 8.34. The van der Waals surface area contributed by atoms with E-state index in [1.807, 2.05) is 6.92 Å². The zero-order chi connectivity index (χ0) is 21.9. The number of carbonyl (C=O) groups excluding carboxylic acids is 1. The van der Waals surface area contributed by atoms with Gasteiger partial charge in [-0.15, -0.1) is 0 Å². The summed E-state index contributed by atoms with van der Waals surface area (Å²) in [6.07, 6.45) is 0.653. The van der Waals surface area contributed by atoms with Crippen LogP contribution in [0.5, 0.6) is 5.75 Å². The molecule has 1 heterocycles. The van der Waals surface area contributed by atoms with Crippen LogP contribution in [0.4, 0.5) is 5.69 Å². The molecule has 3 rings (SSSR count). The number of benzene rings is 2. The van der Waals surface area contributed by atoms with Crippen LogP contribution < -0.4 is 15.2 Å². The minimum Gasteiger partial charge on any atom is -0.495 e. The highest BCUT2D eigenvalue weighted by molar-refractivity contribution is 7.92. The van der Waals surface area contributed by atoms with Crippen molar-refractivity contribution >= 4 is 44.4 Å². The van der Waals surface area contributed by atoms with Gasteiger partial charge in [0.25, 0.3) is 10.0 Å². The van der Waals surface area contributed by atoms with Crippen LogP contribution in [0.3, 0.4) is 0 Å². The second kappa shape index (κ2) is 8.80. The maximum atomic E-state index is 12.7. The van der Waals surface area contributed by atoms with Gasteiger partial charge < -0.3 is 13.9 Å². The van der Waals surface area contributed by atoms with E-state index in [-0.39, 0.29) is 39.9 Å². The van der Waals surface area contributed by atoms with E-state index in [1.165, 1.54) is 43.5 Å². The van der Waals surface area contributed by atoms with Gasteiger partial charge >= 0.3 is 11.7 Å². The number of hydrogen-bond acceptors (Lipinski definition) is 7. The highest BCUT2D eigenvalue weighted by Gasteiger charge is 2.19. The molecule has 0 amide bonds. The van der Waals surface area contributed by atoms with Gasteiger partial charge in [-0.2, -0.15) is 0 Å². The molecule has 0 radical (unpaired) electrons. The fourth-order valence-electron chi connectivity index (χ4n) is 2.70. The van der Waals surface area contributed by atoms with E-state index in [2.05, 4.69) is 4.72 Å². The molecule has 0 spiro atoms. The smallest absolute Gasteiger partial charge is 0.420 e. The Kier molecular flexibility index (Phi) is 6.37. The predicted molar refractivity (Wildman–Crippen MR) is 111 cm³/mol. The Bertz CT molecular complexity index is 1250. The first-order valence-electron chi connectivity index (χ1n) is 8.90. The summed E-state index contributed by atoms with van der Waals surface area (Å²) in [5.41, 5.74) is 0.539. The Morgan fingerprint density at radius 1 is 1.23 bits per heavy atom. The van der Waals surface area contributed by atoms with Crippen molar-refractivity contribution < 1.29 is 27.1 Å². The molecule has 0 aliphatic heterocycles. The first-order chi connectivity index (χ1) is 14.2. The lowest BCUT2D eigenvalue weighted by Gasteiger charge is -2.10. The molecule has 11 heteroatoms. The van der Waals surface area contributed by atoms with Crippen LogP contribution in [-0.2, 0) is 26.1 Å². The minimum atomic E-state index is -3.99. The second-order valence-corrected chi connectivity index (χ2v) is 8.35. The van der Waals surface area contributed by atoms with Gasteiger partial charge in [-0.25, -0.2) is 13.2 Å². The number of fused-ring (bicyclic) bond motifs is 1. The van der Waals surface area contributed by atoms with E-state index >= 15 is 0 Å². The lowest BCUT2D eigenvalue weighted by atomic mass is 10.3. The third-order valence-corrected chi connectivity index (χ3v) is 5.78. The lowest BCUT2D eigenvalue weighted by Crippen LogP contribution is -2.21. The Morgan fingerprint density at radius 2 is 2.00 bits per heavy atom. The van der Waals surface area contributed by atoms with E-state index in [4.69, 9.17) is 25.5 Å². The van der Waals surface area contributed by atoms with Gasteiger partial charge in [0.1, 0.15) is 12.3 Å². The fraction of sp³-hybridized carbons (Fsp3) is 0.263. The van der Waals surface area contributed by atoms with E-state index in [0.717, 1.165) is 4.57 Å². The van der Waals surface area contributed by atoms with Gasteiger partial charge in [0.05, 0.1) is 34.8 Å². The molecule has 1 aromatic heterocycles. The van der Waals surface area contributed by atoms with E-state index < -0.39 is 21.7 Å². The minimum absolute atomic E-state index is 0.0268. The Hall–Kier alpha value is -2.98. The summed E-state index contributed by atoms with van der Waals surface area (Å²) in [5.74, 6) is -0.971. The van der Waals surface area contributed by atoms with Crippen molar-refractivity contribution in [2.45, 2.75) is 24.8 Å². The van der Waals surface area contributed by atoms with Gasteiger partial charge in [-0.1, -0.05) is 18.5 Å². The zero-order valence-electron chi connectivity index (χ0n) is 16.2. The van der Waals surface area contributed by atoms with Crippen molar-refractivity contribution in [1.29, 1.82) is 0 Å². The lowest BCUT2D eigenvalue weighted by molar-refractivity contribution is -0.144. The number of halogens is 1. The molecule has 0 aliphatic carbocycles. The molecule has 160 valence electrons. The summed E-state index contributed by atoms with van der Waals surface area (Å²) in [4.78, 5) is 23.8. The number of nitrogens with one attached hydrogen (secondary N) is 1. The van der Waals surface area contributed by atoms with Gasteiger partial charge in [0, 0.05) is 6.07 Å². The molecular weight excluding hydrogens is 436 g/mol. The quantitative estimate of drug-likeness (QED) is 0.520. The summed E-state index contributed by atoms with van der Waals surface area (Å²) in [7, 11) is -2.54. The van der Waals surface area contributed by atoms with E-state index in [9.17, 15) is 18.0 Å². The number of ether oxygens (including phenoxy) is 2. The SMILES string of the molecule is CCCOC(=O)Cn1c(=O)oc2cc(S(=O)(=O)Nc3ccc(OC)c(Cl)c3)ccc21. The molecule has 0 atom stereocenters. The molecule has 3 aromatic rings. The molecular formula is C19H19ClN2O7S. The normalized spacial score (nSPS) is 11.4. The summed E-state index contributed by atoms with van der Waals surface area (Å²) < 4.78 is 44.0. The molecule has 0 saturated heterocycles. The van der Waals surface area contributed by atoms with Crippen molar-refractivity contribution in [3.63, 3.8) is 0 Å².